The van der Waals surface area contributed by atoms with Crippen molar-refractivity contribution in [3.8, 4) is 5.75 Å². The standard InChI is InChI=1S/C19H22ClNO2/c1-5-15-6-8-16(9-7-15)21-19(22)14(4)23-17-10-12(2)18(20)13(3)11-17/h6-11,14H,5H2,1-4H3,(H,21,22)/t14-/m1/s1. The van der Waals surface area contributed by atoms with Gasteiger partial charge < -0.3 is 10.1 Å². The van der Waals surface area contributed by atoms with E-state index in [9.17, 15) is 4.79 Å². The molecule has 0 bridgehead atoms. The van der Waals surface area contributed by atoms with Gasteiger partial charge in [0, 0.05) is 10.7 Å². The first-order valence-electron chi connectivity index (χ1n) is 7.74. The van der Waals surface area contributed by atoms with Crippen molar-refractivity contribution in [1.82, 2.24) is 0 Å². The Morgan fingerprint density at radius 3 is 2.26 bits per heavy atom. The molecular weight excluding hydrogens is 310 g/mol. The van der Waals surface area contributed by atoms with Crippen molar-refractivity contribution in [2.75, 3.05) is 5.32 Å². The molecular formula is C19H22ClNO2. The first-order chi connectivity index (χ1) is 10.9. The van der Waals surface area contributed by atoms with Crippen LogP contribution in [0.4, 0.5) is 5.69 Å². The molecule has 0 fully saturated rings. The summed E-state index contributed by atoms with van der Waals surface area (Å²) in [5.74, 6) is 0.466. The fraction of sp³-hybridized carbons (Fsp3) is 0.316. The third kappa shape index (κ3) is 4.49. The molecule has 0 aliphatic rings. The maximum Gasteiger partial charge on any atom is 0.265 e. The summed E-state index contributed by atoms with van der Waals surface area (Å²) in [5.41, 5.74) is 3.87. The van der Waals surface area contributed by atoms with Gasteiger partial charge in [0.25, 0.3) is 5.91 Å². The maximum atomic E-state index is 12.2. The van der Waals surface area contributed by atoms with Gasteiger partial charge in [-0.25, -0.2) is 0 Å². The monoisotopic (exact) mass is 331 g/mol. The molecule has 2 rings (SSSR count). The molecule has 0 saturated heterocycles. The summed E-state index contributed by atoms with van der Waals surface area (Å²) in [6, 6.07) is 11.5. The molecule has 3 nitrogen and oxygen atoms in total. The number of hydrogen-bond donors (Lipinski definition) is 1. The molecule has 2 aromatic carbocycles. The van der Waals surface area contributed by atoms with Crippen molar-refractivity contribution in [2.45, 2.75) is 40.2 Å². The van der Waals surface area contributed by atoms with Crippen LogP contribution < -0.4 is 10.1 Å². The van der Waals surface area contributed by atoms with E-state index in [1.165, 1.54) is 5.56 Å². The second-order valence-corrected chi connectivity index (χ2v) is 6.05. The van der Waals surface area contributed by atoms with Crippen molar-refractivity contribution >= 4 is 23.2 Å². The van der Waals surface area contributed by atoms with Gasteiger partial charge in [-0.3, -0.25) is 4.79 Å². The van der Waals surface area contributed by atoms with Gasteiger partial charge in [0.1, 0.15) is 5.75 Å². The van der Waals surface area contributed by atoms with Crippen molar-refractivity contribution in [3.05, 3.63) is 58.1 Å². The maximum absolute atomic E-state index is 12.2. The zero-order valence-corrected chi connectivity index (χ0v) is 14.7. The van der Waals surface area contributed by atoms with Gasteiger partial charge in [-0.2, -0.15) is 0 Å². The van der Waals surface area contributed by atoms with E-state index in [1.807, 2.05) is 50.2 Å². The second kappa shape index (κ2) is 7.51. The van der Waals surface area contributed by atoms with Crippen LogP contribution in [-0.2, 0) is 11.2 Å². The minimum Gasteiger partial charge on any atom is -0.481 e. The molecule has 1 amide bonds. The molecule has 0 aromatic heterocycles. The third-order valence-corrected chi connectivity index (χ3v) is 4.32. The number of ether oxygens (including phenoxy) is 1. The van der Waals surface area contributed by atoms with E-state index < -0.39 is 6.10 Å². The number of anilines is 1. The fourth-order valence-electron chi connectivity index (χ4n) is 2.30. The Labute approximate surface area is 142 Å². The first kappa shape index (κ1) is 17.4. The summed E-state index contributed by atoms with van der Waals surface area (Å²) in [6.07, 6.45) is 0.379. The van der Waals surface area contributed by atoms with Crippen LogP contribution in [0.5, 0.6) is 5.75 Å². The number of rotatable bonds is 5. The van der Waals surface area contributed by atoms with Crippen LogP contribution in [0, 0.1) is 13.8 Å². The molecule has 122 valence electrons. The van der Waals surface area contributed by atoms with Crippen molar-refractivity contribution < 1.29 is 9.53 Å². The van der Waals surface area contributed by atoms with E-state index in [2.05, 4.69) is 12.2 Å². The first-order valence-corrected chi connectivity index (χ1v) is 8.11. The molecule has 1 atom stereocenters. The quantitative estimate of drug-likeness (QED) is 0.844. The fourth-order valence-corrected chi connectivity index (χ4v) is 2.41. The summed E-state index contributed by atoms with van der Waals surface area (Å²) in [4.78, 5) is 12.2. The third-order valence-electron chi connectivity index (χ3n) is 3.72. The molecule has 0 saturated carbocycles. The molecule has 0 aliphatic carbocycles. The molecule has 0 heterocycles. The van der Waals surface area contributed by atoms with Crippen LogP contribution in [0.1, 0.15) is 30.5 Å². The molecule has 0 radical (unpaired) electrons. The zero-order chi connectivity index (χ0) is 17.0. The van der Waals surface area contributed by atoms with Crippen LogP contribution in [-0.4, -0.2) is 12.0 Å². The molecule has 0 spiro atoms. The van der Waals surface area contributed by atoms with Crippen molar-refractivity contribution in [2.24, 2.45) is 0 Å². The lowest BCUT2D eigenvalue weighted by molar-refractivity contribution is -0.122. The van der Waals surface area contributed by atoms with Gasteiger partial charge in [-0.1, -0.05) is 30.7 Å². The lowest BCUT2D eigenvalue weighted by Crippen LogP contribution is -2.30. The summed E-state index contributed by atoms with van der Waals surface area (Å²) in [6.45, 7) is 7.67. The van der Waals surface area contributed by atoms with Gasteiger partial charge in [0.05, 0.1) is 0 Å². The summed E-state index contributed by atoms with van der Waals surface area (Å²) < 4.78 is 5.74. The molecule has 2 aromatic rings. The molecule has 0 aliphatic heterocycles. The highest BCUT2D eigenvalue weighted by atomic mass is 35.5. The topological polar surface area (TPSA) is 38.3 Å². The van der Waals surface area contributed by atoms with E-state index in [0.717, 1.165) is 28.3 Å². The number of halogens is 1. The smallest absolute Gasteiger partial charge is 0.265 e. The highest BCUT2D eigenvalue weighted by molar-refractivity contribution is 6.32. The van der Waals surface area contributed by atoms with E-state index in [0.29, 0.717) is 5.75 Å². The van der Waals surface area contributed by atoms with Crippen molar-refractivity contribution in [1.29, 1.82) is 0 Å². The highest BCUT2D eigenvalue weighted by Gasteiger charge is 2.16. The van der Waals surface area contributed by atoms with Gasteiger partial charge in [0.2, 0.25) is 0 Å². The van der Waals surface area contributed by atoms with Gasteiger partial charge in [0.15, 0.2) is 6.10 Å². The van der Waals surface area contributed by atoms with E-state index in [1.54, 1.807) is 6.92 Å². The number of benzene rings is 2. The normalized spacial score (nSPS) is 11.9. The minimum atomic E-state index is -0.596. The SMILES string of the molecule is CCc1ccc(NC(=O)[C@@H](C)Oc2cc(C)c(Cl)c(C)c2)cc1. The Kier molecular flexibility index (Phi) is 5.67. The Bertz CT molecular complexity index is 672. The largest absolute Gasteiger partial charge is 0.481 e. The lowest BCUT2D eigenvalue weighted by atomic mass is 10.1. The Balaban J connectivity index is 2.02. The average Bonchev–Trinajstić information content (AvgIpc) is 2.53. The van der Waals surface area contributed by atoms with Crippen LogP contribution in [0.2, 0.25) is 5.02 Å². The Morgan fingerprint density at radius 2 is 1.74 bits per heavy atom. The Hall–Kier alpha value is -2.00. The predicted molar refractivity (Wildman–Crippen MR) is 95.5 cm³/mol. The summed E-state index contributed by atoms with van der Waals surface area (Å²) in [5, 5.41) is 3.59. The summed E-state index contributed by atoms with van der Waals surface area (Å²) in [7, 11) is 0. The van der Waals surface area contributed by atoms with E-state index in [4.69, 9.17) is 16.3 Å². The molecule has 4 heteroatoms. The second-order valence-electron chi connectivity index (χ2n) is 5.67. The van der Waals surface area contributed by atoms with E-state index >= 15 is 0 Å². The number of hydrogen-bond acceptors (Lipinski definition) is 2. The van der Waals surface area contributed by atoms with Crippen LogP contribution >= 0.6 is 11.6 Å². The number of nitrogens with one attached hydrogen (secondary N) is 1. The number of carbonyl (C=O) groups is 1. The van der Waals surface area contributed by atoms with Crippen molar-refractivity contribution in [3.63, 3.8) is 0 Å². The molecule has 1 N–H and O–H groups in total. The van der Waals surface area contributed by atoms with Crippen LogP contribution in [0.25, 0.3) is 0 Å². The number of carbonyl (C=O) groups excluding carboxylic acids is 1. The average molecular weight is 332 g/mol. The molecule has 23 heavy (non-hydrogen) atoms. The molecule has 0 unspecified atom stereocenters. The van der Waals surface area contributed by atoms with Gasteiger partial charge in [-0.05, 0) is 68.1 Å². The van der Waals surface area contributed by atoms with Gasteiger partial charge >= 0.3 is 0 Å². The zero-order valence-electron chi connectivity index (χ0n) is 13.9. The minimum absolute atomic E-state index is 0.181. The highest BCUT2D eigenvalue weighted by Crippen LogP contribution is 2.26. The van der Waals surface area contributed by atoms with Crippen LogP contribution in [0.15, 0.2) is 36.4 Å². The summed E-state index contributed by atoms with van der Waals surface area (Å²) >= 11 is 6.15. The van der Waals surface area contributed by atoms with Gasteiger partial charge in [-0.15, -0.1) is 0 Å². The lowest BCUT2D eigenvalue weighted by Gasteiger charge is -2.16. The number of amides is 1. The number of aryl methyl sites for hydroxylation is 3. The van der Waals surface area contributed by atoms with Crippen LogP contribution in [0.3, 0.4) is 0 Å². The predicted octanol–water partition coefficient (Wildman–Crippen LogP) is 4.93. The van der Waals surface area contributed by atoms with E-state index in [-0.39, 0.29) is 5.91 Å². The Morgan fingerprint density at radius 1 is 1.17 bits per heavy atom.